The van der Waals surface area contributed by atoms with Crippen LogP contribution in [0.3, 0.4) is 0 Å². The Morgan fingerprint density at radius 2 is 2.33 bits per heavy atom. The minimum absolute atomic E-state index is 1.11. The highest BCUT2D eigenvalue weighted by Crippen LogP contribution is 2.32. The zero-order chi connectivity index (χ0) is 8.39. The Labute approximate surface area is 77.6 Å². The van der Waals surface area contributed by atoms with Gasteiger partial charge in [0, 0.05) is 17.1 Å². The summed E-state index contributed by atoms with van der Waals surface area (Å²) in [5, 5.41) is 3.45. The van der Waals surface area contributed by atoms with E-state index in [4.69, 9.17) is 0 Å². The molecule has 0 fully saturated rings. The van der Waals surface area contributed by atoms with Gasteiger partial charge in [-0.3, -0.25) is 0 Å². The number of rotatable bonds is 0. The molecule has 1 N–H and O–H groups in total. The van der Waals surface area contributed by atoms with Crippen LogP contribution in [0.5, 0.6) is 0 Å². The van der Waals surface area contributed by atoms with Crippen molar-refractivity contribution in [2.75, 3.05) is 17.6 Å². The zero-order valence-corrected chi connectivity index (χ0v) is 8.08. The third kappa shape index (κ3) is 1.44. The predicted molar refractivity (Wildman–Crippen MR) is 55.0 cm³/mol. The van der Waals surface area contributed by atoms with Crippen LogP contribution in [0.4, 0.5) is 5.69 Å². The fourth-order valence-electron chi connectivity index (χ4n) is 1.45. The van der Waals surface area contributed by atoms with Crippen LogP contribution in [-0.4, -0.2) is 12.3 Å². The predicted octanol–water partition coefficient (Wildman–Crippen LogP) is 2.90. The number of aryl methyl sites for hydroxylation is 1. The molecule has 0 saturated carbocycles. The highest BCUT2D eigenvalue weighted by Gasteiger charge is 2.08. The van der Waals surface area contributed by atoms with Gasteiger partial charge in [-0.2, -0.15) is 0 Å². The summed E-state index contributed by atoms with van der Waals surface area (Å²) in [6, 6.07) is 6.46. The van der Waals surface area contributed by atoms with Crippen molar-refractivity contribution in [3.05, 3.63) is 23.8 Å². The molecule has 0 bridgehead atoms. The normalized spacial score (nSPS) is 16.1. The molecule has 2 rings (SSSR count). The molecule has 0 aromatic heterocycles. The van der Waals surface area contributed by atoms with Gasteiger partial charge in [-0.05, 0) is 30.7 Å². The number of hydrogen-bond donors (Lipinski definition) is 1. The number of hydrogen-bond acceptors (Lipinski definition) is 2. The van der Waals surface area contributed by atoms with Gasteiger partial charge in [-0.25, -0.2) is 0 Å². The number of nitrogens with one attached hydrogen (secondary N) is 1. The van der Waals surface area contributed by atoms with Gasteiger partial charge in [0.05, 0.1) is 0 Å². The Morgan fingerprint density at radius 1 is 1.42 bits per heavy atom. The van der Waals surface area contributed by atoms with E-state index in [1.54, 1.807) is 0 Å². The molecule has 1 aliphatic heterocycles. The smallest absolute Gasteiger partial charge is 0.0481 e. The van der Waals surface area contributed by atoms with E-state index in [1.165, 1.54) is 28.3 Å². The van der Waals surface area contributed by atoms with Crippen LogP contribution in [0.15, 0.2) is 23.1 Å². The molecule has 0 spiro atoms. The number of benzene rings is 1. The molecule has 12 heavy (non-hydrogen) atoms. The van der Waals surface area contributed by atoms with E-state index < -0.39 is 0 Å². The molecular formula is C10H13NS. The molecule has 0 aliphatic carbocycles. The summed E-state index contributed by atoms with van der Waals surface area (Å²) in [6.07, 6.45) is 1.26. The number of anilines is 1. The molecule has 1 aliphatic rings. The SMILES string of the molecule is Cc1cccc2c1SCCCN2. The first-order valence-electron chi connectivity index (χ1n) is 4.34. The van der Waals surface area contributed by atoms with Crippen molar-refractivity contribution < 1.29 is 0 Å². The van der Waals surface area contributed by atoms with Crippen molar-refractivity contribution in [3.63, 3.8) is 0 Å². The van der Waals surface area contributed by atoms with Gasteiger partial charge in [0.1, 0.15) is 0 Å². The van der Waals surface area contributed by atoms with E-state index in [0.29, 0.717) is 0 Å². The number of thioether (sulfide) groups is 1. The van der Waals surface area contributed by atoms with Crippen LogP contribution < -0.4 is 5.32 Å². The highest BCUT2D eigenvalue weighted by molar-refractivity contribution is 7.99. The lowest BCUT2D eigenvalue weighted by Crippen LogP contribution is -1.99. The van der Waals surface area contributed by atoms with Crippen molar-refractivity contribution in [2.45, 2.75) is 18.2 Å². The maximum atomic E-state index is 3.45. The molecule has 0 amide bonds. The van der Waals surface area contributed by atoms with E-state index in [2.05, 4.69) is 30.4 Å². The van der Waals surface area contributed by atoms with Crippen molar-refractivity contribution in [3.8, 4) is 0 Å². The highest BCUT2D eigenvalue weighted by atomic mass is 32.2. The molecular weight excluding hydrogens is 166 g/mol. The molecule has 0 saturated heterocycles. The van der Waals surface area contributed by atoms with Crippen LogP contribution in [-0.2, 0) is 0 Å². The topological polar surface area (TPSA) is 12.0 Å². The first-order valence-corrected chi connectivity index (χ1v) is 5.33. The van der Waals surface area contributed by atoms with E-state index in [-0.39, 0.29) is 0 Å². The summed E-state index contributed by atoms with van der Waals surface area (Å²) in [6.45, 7) is 3.29. The fourth-order valence-corrected chi connectivity index (χ4v) is 2.54. The van der Waals surface area contributed by atoms with Crippen LogP contribution in [0.25, 0.3) is 0 Å². The van der Waals surface area contributed by atoms with Crippen LogP contribution in [0.2, 0.25) is 0 Å². The van der Waals surface area contributed by atoms with Crippen LogP contribution in [0, 0.1) is 6.92 Å². The summed E-state index contributed by atoms with van der Waals surface area (Å²) < 4.78 is 0. The Hall–Kier alpha value is -0.630. The lowest BCUT2D eigenvalue weighted by Gasteiger charge is -2.08. The van der Waals surface area contributed by atoms with Gasteiger partial charge in [0.2, 0.25) is 0 Å². The monoisotopic (exact) mass is 179 g/mol. The van der Waals surface area contributed by atoms with Gasteiger partial charge in [0.15, 0.2) is 0 Å². The second-order valence-electron chi connectivity index (χ2n) is 3.08. The first kappa shape index (κ1) is 7.99. The molecule has 1 heterocycles. The number of fused-ring (bicyclic) bond motifs is 1. The molecule has 0 atom stereocenters. The third-order valence-electron chi connectivity index (χ3n) is 2.09. The van der Waals surface area contributed by atoms with Gasteiger partial charge >= 0.3 is 0 Å². The van der Waals surface area contributed by atoms with Crippen molar-refractivity contribution in [1.82, 2.24) is 0 Å². The summed E-state index contributed by atoms with van der Waals surface area (Å²) >= 11 is 1.97. The quantitative estimate of drug-likeness (QED) is 0.657. The summed E-state index contributed by atoms with van der Waals surface area (Å²) in [7, 11) is 0. The van der Waals surface area contributed by atoms with E-state index in [0.717, 1.165) is 6.54 Å². The second kappa shape index (κ2) is 3.40. The van der Waals surface area contributed by atoms with Crippen LogP contribution >= 0.6 is 11.8 Å². The Balaban J connectivity index is 2.42. The molecule has 1 aromatic rings. The Morgan fingerprint density at radius 3 is 3.25 bits per heavy atom. The van der Waals surface area contributed by atoms with Gasteiger partial charge in [0.25, 0.3) is 0 Å². The maximum absolute atomic E-state index is 3.45. The van der Waals surface area contributed by atoms with E-state index in [1.807, 2.05) is 11.8 Å². The average Bonchev–Trinajstić information content (AvgIpc) is 2.30. The van der Waals surface area contributed by atoms with Gasteiger partial charge < -0.3 is 5.32 Å². The molecule has 1 aromatic carbocycles. The van der Waals surface area contributed by atoms with Crippen molar-refractivity contribution in [1.29, 1.82) is 0 Å². The molecule has 2 heteroatoms. The third-order valence-corrected chi connectivity index (χ3v) is 3.42. The lowest BCUT2D eigenvalue weighted by molar-refractivity contribution is 0.999. The average molecular weight is 179 g/mol. The van der Waals surface area contributed by atoms with Gasteiger partial charge in [-0.15, -0.1) is 11.8 Å². The first-order chi connectivity index (χ1) is 5.88. The standard InChI is InChI=1S/C10H13NS/c1-8-4-2-5-9-10(8)12-7-3-6-11-9/h2,4-5,11H,3,6-7H2,1H3. The fraction of sp³-hybridized carbons (Fsp3) is 0.400. The zero-order valence-electron chi connectivity index (χ0n) is 7.26. The van der Waals surface area contributed by atoms with Gasteiger partial charge in [-0.1, -0.05) is 12.1 Å². The van der Waals surface area contributed by atoms with E-state index >= 15 is 0 Å². The molecule has 0 unspecified atom stereocenters. The molecule has 0 radical (unpaired) electrons. The Bertz CT molecular complexity index is 283. The largest absolute Gasteiger partial charge is 0.384 e. The maximum Gasteiger partial charge on any atom is 0.0481 e. The van der Waals surface area contributed by atoms with E-state index in [9.17, 15) is 0 Å². The Kier molecular flexibility index (Phi) is 2.26. The summed E-state index contributed by atoms with van der Waals surface area (Å²) in [4.78, 5) is 1.44. The lowest BCUT2D eigenvalue weighted by atomic mass is 10.2. The van der Waals surface area contributed by atoms with Crippen LogP contribution in [0.1, 0.15) is 12.0 Å². The molecule has 64 valence electrons. The minimum Gasteiger partial charge on any atom is -0.384 e. The minimum atomic E-state index is 1.11. The summed E-state index contributed by atoms with van der Waals surface area (Å²) in [5.41, 5.74) is 2.71. The molecule has 1 nitrogen and oxygen atoms in total. The van der Waals surface area contributed by atoms with Crippen molar-refractivity contribution in [2.24, 2.45) is 0 Å². The van der Waals surface area contributed by atoms with Crippen molar-refractivity contribution >= 4 is 17.4 Å². The second-order valence-corrected chi connectivity index (χ2v) is 4.19. The summed E-state index contributed by atoms with van der Waals surface area (Å²) in [5.74, 6) is 1.24.